The Kier molecular flexibility index (Phi) is 3.40. The van der Waals surface area contributed by atoms with Crippen molar-refractivity contribution < 1.29 is 4.74 Å². The molecule has 1 nitrogen and oxygen atoms in total. The monoisotopic (exact) mass is 170 g/mol. The van der Waals surface area contributed by atoms with Crippen molar-refractivity contribution in [3.05, 3.63) is 34.9 Å². The Morgan fingerprint density at radius 2 is 2.09 bits per heavy atom. The Morgan fingerprint density at radius 1 is 1.36 bits per heavy atom. The van der Waals surface area contributed by atoms with Gasteiger partial charge >= 0.3 is 0 Å². The zero-order chi connectivity index (χ0) is 8.10. The molecule has 0 radical (unpaired) electrons. The second-order valence-corrected chi connectivity index (χ2v) is 2.74. The summed E-state index contributed by atoms with van der Waals surface area (Å²) in [5.74, 6) is 0. The van der Waals surface area contributed by atoms with Gasteiger partial charge in [0.25, 0.3) is 0 Å². The first kappa shape index (κ1) is 8.57. The molecule has 0 aliphatic carbocycles. The molecule has 2 heteroatoms. The SMILES string of the molecule is COCCc1ccccc1Cl. The summed E-state index contributed by atoms with van der Waals surface area (Å²) in [4.78, 5) is 0. The van der Waals surface area contributed by atoms with Gasteiger partial charge in [0.1, 0.15) is 0 Å². The Hall–Kier alpha value is -0.530. The summed E-state index contributed by atoms with van der Waals surface area (Å²) in [5.41, 5.74) is 1.15. The molecule has 0 atom stereocenters. The van der Waals surface area contributed by atoms with Crippen molar-refractivity contribution in [3.8, 4) is 0 Å². The molecule has 0 heterocycles. The van der Waals surface area contributed by atoms with Gasteiger partial charge in [-0.05, 0) is 18.1 Å². The van der Waals surface area contributed by atoms with Crippen molar-refractivity contribution in [2.45, 2.75) is 6.42 Å². The lowest BCUT2D eigenvalue weighted by Crippen LogP contribution is -1.94. The normalized spacial score (nSPS) is 10.0. The molecule has 0 amide bonds. The number of benzene rings is 1. The molecule has 0 spiro atoms. The van der Waals surface area contributed by atoms with Crippen molar-refractivity contribution in [1.29, 1.82) is 0 Å². The third-order valence-electron chi connectivity index (χ3n) is 1.53. The number of methoxy groups -OCH3 is 1. The van der Waals surface area contributed by atoms with E-state index in [1.165, 1.54) is 0 Å². The second-order valence-electron chi connectivity index (χ2n) is 2.33. The lowest BCUT2D eigenvalue weighted by molar-refractivity contribution is 0.202. The summed E-state index contributed by atoms with van der Waals surface area (Å²) in [6.07, 6.45) is 0.885. The van der Waals surface area contributed by atoms with Gasteiger partial charge < -0.3 is 4.74 Å². The van der Waals surface area contributed by atoms with Gasteiger partial charge in [0.2, 0.25) is 0 Å². The fourth-order valence-corrected chi connectivity index (χ4v) is 1.14. The van der Waals surface area contributed by atoms with Gasteiger partial charge in [-0.1, -0.05) is 29.8 Å². The summed E-state index contributed by atoms with van der Waals surface area (Å²) < 4.78 is 4.94. The number of halogens is 1. The van der Waals surface area contributed by atoms with Crippen LogP contribution in [0.2, 0.25) is 5.02 Å². The van der Waals surface area contributed by atoms with Gasteiger partial charge in [-0.3, -0.25) is 0 Å². The maximum atomic E-state index is 5.90. The van der Waals surface area contributed by atoms with Crippen LogP contribution in [0.4, 0.5) is 0 Å². The summed E-state index contributed by atoms with van der Waals surface area (Å²) in [6.45, 7) is 0.726. The summed E-state index contributed by atoms with van der Waals surface area (Å²) >= 11 is 5.90. The van der Waals surface area contributed by atoms with E-state index in [9.17, 15) is 0 Å². The van der Waals surface area contributed by atoms with Crippen LogP contribution in [0.15, 0.2) is 24.3 Å². The Labute approximate surface area is 71.9 Å². The third-order valence-corrected chi connectivity index (χ3v) is 1.90. The highest BCUT2D eigenvalue weighted by atomic mass is 35.5. The highest BCUT2D eigenvalue weighted by Gasteiger charge is 1.96. The molecular weight excluding hydrogens is 160 g/mol. The van der Waals surface area contributed by atoms with Crippen LogP contribution < -0.4 is 0 Å². The molecular formula is C9H11ClO. The maximum absolute atomic E-state index is 5.90. The molecule has 0 aliphatic heterocycles. The summed E-state index contributed by atoms with van der Waals surface area (Å²) in [6, 6.07) is 7.82. The molecule has 1 aromatic carbocycles. The molecule has 0 N–H and O–H groups in total. The molecule has 1 rings (SSSR count). The van der Waals surface area contributed by atoms with Crippen LogP contribution in [-0.4, -0.2) is 13.7 Å². The smallest absolute Gasteiger partial charge is 0.0503 e. The highest BCUT2D eigenvalue weighted by Crippen LogP contribution is 2.14. The van der Waals surface area contributed by atoms with Crippen molar-refractivity contribution in [2.75, 3.05) is 13.7 Å². The average Bonchev–Trinajstić information content (AvgIpc) is 2.03. The van der Waals surface area contributed by atoms with Crippen LogP contribution in [0.3, 0.4) is 0 Å². The zero-order valence-electron chi connectivity index (χ0n) is 6.51. The average molecular weight is 171 g/mol. The van der Waals surface area contributed by atoms with Gasteiger partial charge in [-0.15, -0.1) is 0 Å². The fraction of sp³-hybridized carbons (Fsp3) is 0.333. The molecule has 0 saturated carbocycles. The van der Waals surface area contributed by atoms with Gasteiger partial charge in [0, 0.05) is 12.1 Å². The van der Waals surface area contributed by atoms with E-state index in [1.54, 1.807) is 7.11 Å². The van der Waals surface area contributed by atoms with Gasteiger partial charge in [0.05, 0.1) is 6.61 Å². The minimum Gasteiger partial charge on any atom is -0.384 e. The van der Waals surface area contributed by atoms with Gasteiger partial charge in [-0.25, -0.2) is 0 Å². The van der Waals surface area contributed by atoms with Crippen LogP contribution in [0.5, 0.6) is 0 Å². The Balaban J connectivity index is 2.62. The van der Waals surface area contributed by atoms with Crippen LogP contribution >= 0.6 is 11.6 Å². The van der Waals surface area contributed by atoms with Crippen molar-refractivity contribution in [1.82, 2.24) is 0 Å². The van der Waals surface area contributed by atoms with E-state index < -0.39 is 0 Å². The highest BCUT2D eigenvalue weighted by molar-refractivity contribution is 6.31. The van der Waals surface area contributed by atoms with E-state index in [2.05, 4.69) is 0 Å². The standard InChI is InChI=1S/C9H11ClO/c1-11-7-6-8-4-2-3-5-9(8)10/h2-5H,6-7H2,1H3. The molecule has 0 bridgehead atoms. The number of hydrogen-bond donors (Lipinski definition) is 0. The van der Waals surface area contributed by atoms with E-state index >= 15 is 0 Å². The van der Waals surface area contributed by atoms with Crippen LogP contribution in [0.25, 0.3) is 0 Å². The van der Waals surface area contributed by atoms with Gasteiger partial charge in [-0.2, -0.15) is 0 Å². The number of hydrogen-bond acceptors (Lipinski definition) is 1. The van der Waals surface area contributed by atoms with Gasteiger partial charge in [0.15, 0.2) is 0 Å². The third kappa shape index (κ3) is 2.52. The molecule has 0 aliphatic rings. The maximum Gasteiger partial charge on any atom is 0.0503 e. The molecule has 11 heavy (non-hydrogen) atoms. The summed E-state index contributed by atoms with van der Waals surface area (Å²) in [5, 5.41) is 0.824. The first-order valence-corrected chi connectivity index (χ1v) is 3.94. The predicted octanol–water partition coefficient (Wildman–Crippen LogP) is 2.53. The van der Waals surface area contributed by atoms with Crippen molar-refractivity contribution in [3.63, 3.8) is 0 Å². The van der Waals surface area contributed by atoms with Crippen molar-refractivity contribution >= 4 is 11.6 Å². The molecule has 0 aromatic heterocycles. The van der Waals surface area contributed by atoms with Crippen LogP contribution in [0, 0.1) is 0 Å². The minimum absolute atomic E-state index is 0.726. The van der Waals surface area contributed by atoms with E-state index in [0.29, 0.717) is 0 Å². The Morgan fingerprint density at radius 3 is 2.73 bits per heavy atom. The van der Waals surface area contributed by atoms with E-state index in [0.717, 1.165) is 23.6 Å². The molecule has 0 unspecified atom stereocenters. The van der Waals surface area contributed by atoms with Crippen LogP contribution in [0.1, 0.15) is 5.56 Å². The first-order chi connectivity index (χ1) is 5.34. The van der Waals surface area contributed by atoms with Crippen LogP contribution in [-0.2, 0) is 11.2 Å². The zero-order valence-corrected chi connectivity index (χ0v) is 7.27. The fourth-order valence-electron chi connectivity index (χ4n) is 0.913. The summed E-state index contributed by atoms with van der Waals surface area (Å²) in [7, 11) is 1.69. The lowest BCUT2D eigenvalue weighted by atomic mass is 10.2. The topological polar surface area (TPSA) is 9.23 Å². The van der Waals surface area contributed by atoms with E-state index in [-0.39, 0.29) is 0 Å². The largest absolute Gasteiger partial charge is 0.384 e. The number of ether oxygens (including phenoxy) is 1. The van der Waals surface area contributed by atoms with Crippen molar-refractivity contribution in [2.24, 2.45) is 0 Å². The Bertz CT molecular complexity index is 223. The quantitative estimate of drug-likeness (QED) is 0.678. The number of rotatable bonds is 3. The predicted molar refractivity (Wildman–Crippen MR) is 47.0 cm³/mol. The molecule has 1 aromatic rings. The van der Waals surface area contributed by atoms with E-state index in [4.69, 9.17) is 16.3 Å². The first-order valence-electron chi connectivity index (χ1n) is 3.57. The minimum atomic E-state index is 0.726. The lowest BCUT2D eigenvalue weighted by Gasteiger charge is -2.01. The molecule has 60 valence electrons. The van der Waals surface area contributed by atoms with E-state index in [1.807, 2.05) is 24.3 Å². The second kappa shape index (κ2) is 4.37. The molecule has 0 fully saturated rings. The molecule has 0 saturated heterocycles.